The number of amides is 1. The van der Waals surface area contributed by atoms with Gasteiger partial charge in [-0.2, -0.15) is 10.2 Å². The molecule has 1 saturated heterocycles. The molecule has 198 valence electrons. The number of halogens is 2. The fourth-order valence-corrected chi connectivity index (χ4v) is 4.13. The largest absolute Gasteiger partial charge is 0.449 e. The summed E-state index contributed by atoms with van der Waals surface area (Å²) in [5.41, 5.74) is -1.67. The van der Waals surface area contributed by atoms with Gasteiger partial charge in [0.05, 0.1) is 18.3 Å². The highest BCUT2D eigenvalue weighted by Crippen LogP contribution is 2.28. The molecule has 1 aliphatic rings. The molecule has 0 radical (unpaired) electrons. The molecule has 12 heteroatoms. The Bertz CT molecular complexity index is 1280. The summed E-state index contributed by atoms with van der Waals surface area (Å²) in [4.78, 5) is 26.3. The normalized spacial score (nSPS) is 15.4. The van der Waals surface area contributed by atoms with Gasteiger partial charge in [-0.3, -0.25) is 14.3 Å². The van der Waals surface area contributed by atoms with Crippen molar-refractivity contribution < 1.29 is 28.2 Å². The molecule has 4 rings (SSSR count). The van der Waals surface area contributed by atoms with Crippen LogP contribution < -0.4 is 15.6 Å². The number of ether oxygens (including phenoxy) is 2. The summed E-state index contributed by atoms with van der Waals surface area (Å²) in [6.07, 6.45) is 4.54. The van der Waals surface area contributed by atoms with Crippen molar-refractivity contribution in [3.8, 4) is 11.5 Å². The van der Waals surface area contributed by atoms with Gasteiger partial charge in [-0.1, -0.05) is 6.07 Å². The smallest absolute Gasteiger partial charge is 0.271 e. The molecule has 0 spiro atoms. The fraction of sp³-hybridized carbons (Fsp3) is 0.440. The first kappa shape index (κ1) is 26.4. The maximum atomic E-state index is 14.0. The molecule has 1 aliphatic heterocycles. The molecule has 0 aliphatic carbocycles. The predicted molar refractivity (Wildman–Crippen MR) is 129 cm³/mol. The number of benzene rings is 1. The third-order valence-electron chi connectivity index (χ3n) is 5.88. The van der Waals surface area contributed by atoms with E-state index in [1.165, 1.54) is 10.7 Å². The van der Waals surface area contributed by atoms with E-state index in [9.17, 15) is 23.5 Å². The maximum absolute atomic E-state index is 14.0. The molecule has 2 aromatic heterocycles. The van der Waals surface area contributed by atoms with Crippen molar-refractivity contribution in [1.82, 2.24) is 19.6 Å². The lowest BCUT2D eigenvalue weighted by atomic mass is 9.92. The van der Waals surface area contributed by atoms with Crippen molar-refractivity contribution in [3.05, 3.63) is 64.7 Å². The Morgan fingerprint density at radius 1 is 1.27 bits per heavy atom. The highest BCUT2D eigenvalue weighted by Gasteiger charge is 2.29. The average molecular weight is 518 g/mol. The van der Waals surface area contributed by atoms with Gasteiger partial charge in [-0.05, 0) is 51.2 Å². The van der Waals surface area contributed by atoms with Crippen molar-refractivity contribution in [2.45, 2.75) is 51.3 Å². The van der Waals surface area contributed by atoms with Crippen LogP contribution in [0.4, 0.5) is 14.6 Å². The van der Waals surface area contributed by atoms with Gasteiger partial charge < -0.3 is 19.9 Å². The Labute approximate surface area is 211 Å². The zero-order valence-electron chi connectivity index (χ0n) is 20.6. The summed E-state index contributed by atoms with van der Waals surface area (Å²) < 4.78 is 41.1. The van der Waals surface area contributed by atoms with Gasteiger partial charge in [0, 0.05) is 31.5 Å². The number of nitrogens with one attached hydrogen (secondary N) is 1. The van der Waals surface area contributed by atoms with Gasteiger partial charge in [0.15, 0.2) is 29.0 Å². The molecule has 0 saturated carbocycles. The third-order valence-corrected chi connectivity index (χ3v) is 5.88. The molecule has 3 aromatic rings. The van der Waals surface area contributed by atoms with E-state index < -0.39 is 40.5 Å². The van der Waals surface area contributed by atoms with Gasteiger partial charge in [0.1, 0.15) is 6.04 Å². The van der Waals surface area contributed by atoms with Gasteiger partial charge in [0.25, 0.3) is 11.5 Å². The predicted octanol–water partition coefficient (Wildman–Crippen LogP) is 3.28. The minimum Gasteiger partial charge on any atom is -0.449 e. The Morgan fingerprint density at radius 3 is 2.62 bits per heavy atom. The molecule has 2 N–H and O–H groups in total. The quantitative estimate of drug-likeness (QED) is 0.447. The standard InChI is InChI=1S/C25H29F2N5O5/c1-25(2,35)15-31-9-6-21(30-31)29-24(34)20(12-16-7-10-36-11-8-16)32-22(33)13-17(14-28-32)37-23-18(26)4-3-5-19(23)27/h3-6,9,13-14,16,20,35H,7-8,10-12,15H2,1-2H3,(H,29,30,34)/t20-/m1/s1. The van der Waals surface area contributed by atoms with Gasteiger partial charge in [-0.25, -0.2) is 13.5 Å². The van der Waals surface area contributed by atoms with Crippen molar-refractivity contribution in [1.29, 1.82) is 0 Å². The minimum absolute atomic E-state index is 0.120. The van der Waals surface area contributed by atoms with Crippen LogP contribution in [0.3, 0.4) is 0 Å². The van der Waals surface area contributed by atoms with Crippen molar-refractivity contribution in [2.24, 2.45) is 5.92 Å². The van der Waals surface area contributed by atoms with E-state index in [-0.39, 0.29) is 24.0 Å². The number of carbonyl (C=O) groups is 1. The maximum Gasteiger partial charge on any atom is 0.271 e. The Balaban J connectivity index is 1.57. The van der Waals surface area contributed by atoms with Crippen LogP contribution in [0, 0.1) is 17.6 Å². The number of para-hydroxylation sites is 1. The van der Waals surface area contributed by atoms with Crippen LogP contribution in [0.1, 0.15) is 39.2 Å². The minimum atomic E-state index is -0.995. The van der Waals surface area contributed by atoms with E-state index in [1.807, 2.05) is 0 Å². The highest BCUT2D eigenvalue weighted by molar-refractivity contribution is 5.92. The summed E-state index contributed by atoms with van der Waals surface area (Å²) in [6, 6.07) is 4.90. The van der Waals surface area contributed by atoms with Crippen molar-refractivity contribution in [2.75, 3.05) is 18.5 Å². The number of anilines is 1. The lowest BCUT2D eigenvalue weighted by Crippen LogP contribution is -2.36. The Hall–Kier alpha value is -3.64. The average Bonchev–Trinajstić information content (AvgIpc) is 3.26. The summed E-state index contributed by atoms with van der Waals surface area (Å²) in [5.74, 6) is -2.79. The monoisotopic (exact) mass is 517 g/mol. The topological polar surface area (TPSA) is 120 Å². The number of hydrogen-bond acceptors (Lipinski definition) is 7. The first-order valence-corrected chi connectivity index (χ1v) is 11.9. The van der Waals surface area contributed by atoms with Crippen molar-refractivity contribution >= 4 is 11.7 Å². The number of hydrogen-bond donors (Lipinski definition) is 2. The van der Waals surface area contributed by atoms with Crippen LogP contribution in [0.15, 0.2) is 47.5 Å². The van der Waals surface area contributed by atoms with Crippen LogP contribution in [-0.2, 0) is 16.1 Å². The molecule has 1 atom stereocenters. The van der Waals surface area contributed by atoms with Crippen LogP contribution in [0.5, 0.6) is 11.5 Å². The lowest BCUT2D eigenvalue weighted by Gasteiger charge is -2.26. The van der Waals surface area contributed by atoms with Crippen LogP contribution in [0.25, 0.3) is 0 Å². The van der Waals surface area contributed by atoms with Gasteiger partial charge in [-0.15, -0.1) is 0 Å². The molecular weight excluding hydrogens is 488 g/mol. The summed E-state index contributed by atoms with van der Waals surface area (Å²) in [5, 5.41) is 21.1. The number of aliphatic hydroxyl groups is 1. The molecule has 3 heterocycles. The fourth-order valence-electron chi connectivity index (χ4n) is 4.13. The van der Waals surface area contributed by atoms with Crippen LogP contribution >= 0.6 is 0 Å². The second-order valence-corrected chi connectivity index (χ2v) is 9.63. The summed E-state index contributed by atoms with van der Waals surface area (Å²) in [7, 11) is 0. The second-order valence-electron chi connectivity index (χ2n) is 9.63. The van der Waals surface area contributed by atoms with Crippen molar-refractivity contribution in [3.63, 3.8) is 0 Å². The third kappa shape index (κ3) is 6.98. The SMILES string of the molecule is CC(C)(O)Cn1ccc(NC(=O)[C@@H](CC2CCOCC2)n2ncc(Oc3c(F)cccc3F)cc2=O)n1. The Morgan fingerprint density at radius 2 is 1.97 bits per heavy atom. The second kappa shape index (κ2) is 11.2. The number of nitrogens with zero attached hydrogens (tertiary/aromatic N) is 4. The first-order chi connectivity index (χ1) is 17.6. The summed E-state index contributed by atoms with van der Waals surface area (Å²) >= 11 is 0. The van der Waals surface area contributed by atoms with E-state index in [2.05, 4.69) is 15.5 Å². The highest BCUT2D eigenvalue weighted by atomic mass is 19.1. The molecule has 1 amide bonds. The first-order valence-electron chi connectivity index (χ1n) is 11.9. The number of carbonyl (C=O) groups excluding carboxylic acids is 1. The van der Waals surface area contributed by atoms with Gasteiger partial charge >= 0.3 is 0 Å². The van der Waals surface area contributed by atoms with Gasteiger partial charge in [0.2, 0.25) is 0 Å². The number of rotatable bonds is 9. The van der Waals surface area contributed by atoms with E-state index in [0.717, 1.165) is 41.9 Å². The molecule has 1 fully saturated rings. The van der Waals surface area contributed by atoms with E-state index in [4.69, 9.17) is 9.47 Å². The number of aromatic nitrogens is 4. The molecule has 10 nitrogen and oxygen atoms in total. The molecule has 0 bridgehead atoms. The molecular formula is C25H29F2N5O5. The molecule has 0 unspecified atom stereocenters. The summed E-state index contributed by atoms with van der Waals surface area (Å²) in [6.45, 7) is 4.62. The lowest BCUT2D eigenvalue weighted by molar-refractivity contribution is -0.120. The molecule has 1 aromatic carbocycles. The molecule has 37 heavy (non-hydrogen) atoms. The van der Waals surface area contributed by atoms with E-state index >= 15 is 0 Å². The van der Waals surface area contributed by atoms with E-state index in [1.54, 1.807) is 26.1 Å². The van der Waals surface area contributed by atoms with Crippen LogP contribution in [-0.4, -0.2) is 49.4 Å². The van der Waals surface area contributed by atoms with E-state index in [0.29, 0.717) is 19.6 Å². The zero-order valence-corrected chi connectivity index (χ0v) is 20.6. The zero-order chi connectivity index (χ0) is 26.6. The van der Waals surface area contributed by atoms with Crippen LogP contribution in [0.2, 0.25) is 0 Å². The Kier molecular flexibility index (Phi) is 7.98.